The van der Waals surface area contributed by atoms with E-state index in [4.69, 9.17) is 12.2 Å². The van der Waals surface area contributed by atoms with Gasteiger partial charge >= 0.3 is 0 Å². The van der Waals surface area contributed by atoms with E-state index < -0.39 is 0 Å². The van der Waals surface area contributed by atoms with Crippen LogP contribution < -0.4 is 10.6 Å². The molecule has 0 unspecified atom stereocenters. The maximum atomic E-state index is 5.40. The van der Waals surface area contributed by atoms with Crippen molar-refractivity contribution < 1.29 is 0 Å². The first-order chi connectivity index (χ1) is 9.69. The van der Waals surface area contributed by atoms with Gasteiger partial charge in [-0.2, -0.15) is 0 Å². The first-order valence-corrected chi connectivity index (χ1v) is 8.27. The quantitative estimate of drug-likeness (QED) is 0.777. The lowest BCUT2D eigenvalue weighted by molar-refractivity contribution is 0.415. The van der Waals surface area contributed by atoms with E-state index >= 15 is 0 Å². The number of thiocarbonyl (C=S) groups is 1. The molecule has 0 saturated heterocycles. The van der Waals surface area contributed by atoms with Gasteiger partial charge in [-0.3, -0.25) is 0 Å². The van der Waals surface area contributed by atoms with Crippen molar-refractivity contribution in [2.75, 3.05) is 5.32 Å². The van der Waals surface area contributed by atoms with Gasteiger partial charge < -0.3 is 10.6 Å². The number of benzene rings is 1. The molecule has 1 atom stereocenters. The molecule has 1 saturated carbocycles. The van der Waals surface area contributed by atoms with E-state index in [1.807, 2.05) is 0 Å². The van der Waals surface area contributed by atoms with Gasteiger partial charge in [0.05, 0.1) is 0 Å². The van der Waals surface area contributed by atoms with Crippen molar-refractivity contribution in [1.82, 2.24) is 5.32 Å². The second-order valence-corrected chi connectivity index (χ2v) is 6.27. The highest BCUT2D eigenvalue weighted by Crippen LogP contribution is 2.21. The molecular weight excluding hydrogens is 264 g/mol. The van der Waals surface area contributed by atoms with Crippen molar-refractivity contribution >= 4 is 23.0 Å². The van der Waals surface area contributed by atoms with Gasteiger partial charge in [-0.15, -0.1) is 0 Å². The highest BCUT2D eigenvalue weighted by atomic mass is 32.1. The fourth-order valence-corrected chi connectivity index (χ4v) is 3.01. The summed E-state index contributed by atoms with van der Waals surface area (Å²) in [6, 6.07) is 9.19. The van der Waals surface area contributed by atoms with E-state index in [1.165, 1.54) is 44.1 Å². The van der Waals surface area contributed by atoms with E-state index in [0.29, 0.717) is 12.0 Å². The SMILES string of the molecule is CC[C@H](C)c1ccc(NC(=S)NC2CCCCC2)cc1. The molecule has 20 heavy (non-hydrogen) atoms. The van der Waals surface area contributed by atoms with E-state index in [0.717, 1.165) is 10.8 Å². The Kier molecular flexibility index (Phi) is 5.84. The number of hydrogen-bond acceptors (Lipinski definition) is 1. The third-order valence-electron chi connectivity index (χ3n) is 4.29. The van der Waals surface area contributed by atoms with Crippen LogP contribution in [0.1, 0.15) is 63.9 Å². The molecule has 1 fully saturated rings. The minimum Gasteiger partial charge on any atom is -0.360 e. The monoisotopic (exact) mass is 290 g/mol. The molecule has 2 nitrogen and oxygen atoms in total. The molecule has 1 aliphatic rings. The Bertz CT molecular complexity index is 421. The maximum Gasteiger partial charge on any atom is 0.170 e. The average molecular weight is 290 g/mol. The van der Waals surface area contributed by atoms with Crippen LogP contribution in [0.15, 0.2) is 24.3 Å². The first-order valence-electron chi connectivity index (χ1n) is 7.86. The van der Waals surface area contributed by atoms with Crippen LogP contribution in [0, 0.1) is 0 Å². The predicted octanol–water partition coefficient (Wildman–Crippen LogP) is 4.82. The van der Waals surface area contributed by atoms with Crippen LogP contribution in [-0.4, -0.2) is 11.2 Å². The summed E-state index contributed by atoms with van der Waals surface area (Å²) < 4.78 is 0. The Morgan fingerprint density at radius 2 is 1.85 bits per heavy atom. The summed E-state index contributed by atoms with van der Waals surface area (Å²) in [7, 11) is 0. The standard InChI is InChI=1S/C17H26N2S/c1-3-13(2)14-9-11-16(12-10-14)19-17(20)18-15-7-5-4-6-8-15/h9-13,15H,3-8H2,1-2H3,(H2,18,19,20)/t13-/m0/s1. The summed E-state index contributed by atoms with van der Waals surface area (Å²) in [4.78, 5) is 0. The van der Waals surface area contributed by atoms with Crippen molar-refractivity contribution in [2.24, 2.45) is 0 Å². The number of rotatable bonds is 4. The Morgan fingerprint density at radius 3 is 2.45 bits per heavy atom. The van der Waals surface area contributed by atoms with Gasteiger partial charge in [0.25, 0.3) is 0 Å². The van der Waals surface area contributed by atoms with Crippen LogP contribution in [0.5, 0.6) is 0 Å². The molecule has 0 aliphatic heterocycles. The van der Waals surface area contributed by atoms with Crippen LogP contribution in [0.4, 0.5) is 5.69 Å². The molecule has 2 N–H and O–H groups in total. The summed E-state index contributed by atoms with van der Waals surface area (Å²) >= 11 is 5.40. The second-order valence-electron chi connectivity index (χ2n) is 5.86. The Balaban J connectivity index is 1.84. The zero-order chi connectivity index (χ0) is 14.4. The van der Waals surface area contributed by atoms with Gasteiger partial charge in [0, 0.05) is 11.7 Å². The lowest BCUT2D eigenvalue weighted by atomic mass is 9.96. The second kappa shape index (κ2) is 7.63. The molecule has 0 radical (unpaired) electrons. The van der Waals surface area contributed by atoms with Crippen LogP contribution in [0.2, 0.25) is 0 Å². The normalized spacial score (nSPS) is 17.5. The zero-order valence-electron chi connectivity index (χ0n) is 12.6. The fourth-order valence-electron chi connectivity index (χ4n) is 2.73. The van der Waals surface area contributed by atoms with E-state index in [2.05, 4.69) is 48.7 Å². The molecule has 0 heterocycles. The van der Waals surface area contributed by atoms with Gasteiger partial charge in [-0.05, 0) is 55.1 Å². The molecule has 3 heteroatoms. The topological polar surface area (TPSA) is 24.1 Å². The van der Waals surface area contributed by atoms with E-state index in [1.54, 1.807) is 0 Å². The summed E-state index contributed by atoms with van der Waals surface area (Å²) in [5.41, 5.74) is 2.47. The molecule has 1 aliphatic carbocycles. The molecule has 0 amide bonds. The molecule has 0 aromatic heterocycles. The minimum absolute atomic E-state index is 0.558. The minimum atomic E-state index is 0.558. The van der Waals surface area contributed by atoms with Crippen LogP contribution >= 0.6 is 12.2 Å². The lowest BCUT2D eigenvalue weighted by Gasteiger charge is -2.24. The van der Waals surface area contributed by atoms with Gasteiger partial charge in [0.15, 0.2) is 5.11 Å². The third-order valence-corrected chi connectivity index (χ3v) is 4.51. The Hall–Kier alpha value is -1.09. The highest BCUT2D eigenvalue weighted by Gasteiger charge is 2.13. The fraction of sp³-hybridized carbons (Fsp3) is 0.588. The number of nitrogens with one attached hydrogen (secondary N) is 2. The summed E-state index contributed by atoms with van der Waals surface area (Å²) in [5, 5.41) is 7.49. The van der Waals surface area contributed by atoms with Crippen molar-refractivity contribution in [2.45, 2.75) is 64.3 Å². The van der Waals surface area contributed by atoms with Crippen molar-refractivity contribution in [3.05, 3.63) is 29.8 Å². The molecule has 2 rings (SSSR count). The predicted molar refractivity (Wildman–Crippen MR) is 91.4 cm³/mol. The Labute approximate surface area is 128 Å². The van der Waals surface area contributed by atoms with E-state index in [-0.39, 0.29) is 0 Å². The van der Waals surface area contributed by atoms with Crippen LogP contribution in [-0.2, 0) is 0 Å². The summed E-state index contributed by atoms with van der Waals surface area (Å²) in [6.45, 7) is 4.48. The zero-order valence-corrected chi connectivity index (χ0v) is 13.4. The number of anilines is 1. The molecule has 0 spiro atoms. The lowest BCUT2D eigenvalue weighted by Crippen LogP contribution is -2.38. The molecule has 1 aromatic carbocycles. The maximum absolute atomic E-state index is 5.40. The molecule has 1 aromatic rings. The van der Waals surface area contributed by atoms with E-state index in [9.17, 15) is 0 Å². The number of hydrogen-bond donors (Lipinski definition) is 2. The van der Waals surface area contributed by atoms with Crippen molar-refractivity contribution in [3.63, 3.8) is 0 Å². The highest BCUT2D eigenvalue weighted by molar-refractivity contribution is 7.80. The van der Waals surface area contributed by atoms with Gasteiger partial charge in [-0.1, -0.05) is 45.2 Å². The van der Waals surface area contributed by atoms with Gasteiger partial charge in [-0.25, -0.2) is 0 Å². The van der Waals surface area contributed by atoms with Crippen molar-refractivity contribution in [1.29, 1.82) is 0 Å². The summed E-state index contributed by atoms with van der Waals surface area (Å²) in [5.74, 6) is 0.622. The molecular formula is C17H26N2S. The van der Waals surface area contributed by atoms with Gasteiger partial charge in [0.1, 0.15) is 0 Å². The van der Waals surface area contributed by atoms with Gasteiger partial charge in [0.2, 0.25) is 0 Å². The smallest absolute Gasteiger partial charge is 0.170 e. The van der Waals surface area contributed by atoms with Crippen LogP contribution in [0.25, 0.3) is 0 Å². The largest absolute Gasteiger partial charge is 0.360 e. The molecule has 0 bridgehead atoms. The first kappa shape index (κ1) is 15.3. The van der Waals surface area contributed by atoms with Crippen molar-refractivity contribution in [3.8, 4) is 0 Å². The summed E-state index contributed by atoms with van der Waals surface area (Å²) in [6.07, 6.45) is 7.68. The average Bonchev–Trinajstić information content (AvgIpc) is 2.48. The third kappa shape index (κ3) is 4.48. The van der Waals surface area contributed by atoms with Crippen LogP contribution in [0.3, 0.4) is 0 Å². The molecule has 110 valence electrons. The Morgan fingerprint density at radius 1 is 1.20 bits per heavy atom.